The van der Waals surface area contributed by atoms with E-state index in [9.17, 15) is 33.6 Å². The summed E-state index contributed by atoms with van der Waals surface area (Å²) in [6.45, 7) is 56.9. The molecule has 99 heavy (non-hydrogen) atoms. The van der Waals surface area contributed by atoms with Crippen molar-refractivity contribution >= 4 is 41.8 Å². The van der Waals surface area contributed by atoms with Crippen LogP contribution in [0.2, 0.25) is 0 Å². The fourth-order valence-corrected chi connectivity index (χ4v) is 19.0. The molecule has 14 nitrogen and oxygen atoms in total. The zero-order valence-electron chi connectivity index (χ0n) is 65.0. The third kappa shape index (κ3) is 23.2. The molecule has 0 spiro atoms. The van der Waals surface area contributed by atoms with Crippen LogP contribution < -0.4 is 0 Å². The molecule has 0 aromatic rings. The summed E-state index contributed by atoms with van der Waals surface area (Å²) in [6, 6.07) is 0. The lowest BCUT2D eigenvalue weighted by molar-refractivity contribution is -0.209. The van der Waals surface area contributed by atoms with Gasteiger partial charge in [0.15, 0.2) is 0 Å². The standard InChI is InChI=1S/C18H28O2.C16H24O2.C15H22O2.C11H18O2.C10H16O2.C8H14O2.C7H12O2/c1-4-5-6-18(20-17(19)12(2)3)15-8-13-7-14(10-15)11-16(18)9-13;1-4-16(18-15(17)10(2)3)13-6-11-5-12(8-13)9-14(16)7-11;1-9(2)14(16)17-15(3)12-5-10-4-11(7-12)8-13(15)6-10;1-4-11(7-5-6-8-11)13-10(12)9(2)3;1-8(2)9(11)12-10(3)6-4-5-7-10;1-6(2)7(9)10-8(3,4)5;1-5-6(8)9-7(2,3)4/h13-16H,2,4-11H2,1,3H3;11-14H,2,4-9H2,1,3H3;10-13H,1,4-8H2,2-3H3;2,4-8H2,1,3H3;1,4-7H2,2-3H3;1H2,2-5H3;5H,1H2,2-4H3. The summed E-state index contributed by atoms with van der Waals surface area (Å²) in [5, 5.41) is 0. The largest absolute Gasteiger partial charge is 0.457 e. The van der Waals surface area contributed by atoms with Gasteiger partial charge in [-0.15, -0.1) is 0 Å². The molecule has 558 valence electrons. The Morgan fingerprint density at radius 2 is 0.687 bits per heavy atom. The Bertz CT molecular complexity index is 2820. The Morgan fingerprint density at radius 3 is 0.980 bits per heavy atom. The van der Waals surface area contributed by atoms with E-state index in [2.05, 4.69) is 73.7 Å². The summed E-state index contributed by atoms with van der Waals surface area (Å²) in [6.07, 6.45) is 34.9. The Labute approximate surface area is 598 Å². The lowest BCUT2D eigenvalue weighted by Gasteiger charge is -2.60. The third-order valence-electron chi connectivity index (χ3n) is 23.7. The minimum absolute atomic E-state index is 0.153. The van der Waals surface area contributed by atoms with Gasteiger partial charge in [0.05, 0.1) is 0 Å². The Balaban J connectivity index is 0.000000212. The lowest BCUT2D eigenvalue weighted by Crippen LogP contribution is -2.59. The maximum Gasteiger partial charge on any atom is 0.333 e. The molecule has 0 unspecified atom stereocenters. The molecule has 0 aromatic carbocycles. The van der Waals surface area contributed by atoms with Crippen LogP contribution in [0.25, 0.3) is 0 Å². The molecule has 12 bridgehead atoms. The summed E-state index contributed by atoms with van der Waals surface area (Å²) in [7, 11) is 0. The summed E-state index contributed by atoms with van der Waals surface area (Å²) in [4.78, 5) is 79.8. The quantitative estimate of drug-likeness (QED) is 0.0761. The van der Waals surface area contributed by atoms with Gasteiger partial charge in [-0.05, 0) is 341 Å². The molecule has 0 saturated heterocycles. The molecule has 0 N–H and O–H groups in total. The van der Waals surface area contributed by atoms with Crippen molar-refractivity contribution in [3.8, 4) is 0 Å². The van der Waals surface area contributed by atoms with Gasteiger partial charge in [-0.1, -0.05) is 73.2 Å². The lowest BCUT2D eigenvalue weighted by atomic mass is 9.49. The predicted molar refractivity (Wildman–Crippen MR) is 394 cm³/mol. The molecule has 0 aromatic heterocycles. The SMILES string of the molecule is C=C(C)C(=O)OC(C)(C)C.C=C(C)C(=O)OC1(C)C2CC3CC(C2)CC1C3.C=C(C)C(=O)OC1(C)CCCC1.C=C(C)C(=O)OC1(CC)C2CC3CC(C2)CC1C3.C=C(C)C(=O)OC1(CC)CCCC1.C=C(C)C(=O)OC1(CCCC)C2CC3CC(C2)CC1C3.C=CC(=O)OC(C)(C)C. The maximum atomic E-state index is 12.2. The number of rotatable bonds is 17. The first kappa shape index (κ1) is 84.1. The molecular formula is C85H134O14. The van der Waals surface area contributed by atoms with E-state index in [0.717, 1.165) is 86.5 Å². The molecule has 14 rings (SSSR count). The first-order valence-corrected chi connectivity index (χ1v) is 38.2. The Morgan fingerprint density at radius 1 is 0.384 bits per heavy atom. The normalized spacial score (nSPS) is 31.8. The number of hydrogen-bond acceptors (Lipinski definition) is 14. The number of unbranched alkanes of at least 4 members (excludes halogenated alkanes) is 1. The molecule has 0 atom stereocenters. The van der Waals surface area contributed by atoms with Crippen molar-refractivity contribution in [1.82, 2.24) is 0 Å². The molecule has 0 heterocycles. The summed E-state index contributed by atoms with van der Waals surface area (Å²) < 4.78 is 38.5. The van der Waals surface area contributed by atoms with Crippen molar-refractivity contribution in [2.24, 2.45) is 71.0 Å². The monoisotopic (exact) mass is 1380 g/mol. The van der Waals surface area contributed by atoms with Crippen LogP contribution in [0.3, 0.4) is 0 Å². The van der Waals surface area contributed by atoms with Crippen molar-refractivity contribution in [2.75, 3.05) is 0 Å². The van der Waals surface area contributed by atoms with Gasteiger partial charge in [-0.2, -0.15) is 0 Å². The first-order valence-electron chi connectivity index (χ1n) is 38.2. The van der Waals surface area contributed by atoms with E-state index in [0.29, 0.717) is 68.9 Å². The van der Waals surface area contributed by atoms with E-state index in [4.69, 9.17) is 33.2 Å². The number of esters is 7. The number of ether oxygens (including phenoxy) is 7. The zero-order valence-corrected chi connectivity index (χ0v) is 65.0. The van der Waals surface area contributed by atoms with Gasteiger partial charge in [0.1, 0.15) is 39.2 Å². The highest BCUT2D eigenvalue weighted by atomic mass is 16.6. The fourth-order valence-electron chi connectivity index (χ4n) is 19.0. The van der Waals surface area contributed by atoms with Crippen LogP contribution in [-0.2, 0) is 66.7 Å². The van der Waals surface area contributed by atoms with E-state index >= 15 is 0 Å². The van der Waals surface area contributed by atoms with E-state index in [1.807, 2.05) is 48.5 Å². The van der Waals surface area contributed by atoms with Crippen molar-refractivity contribution in [2.45, 2.75) is 337 Å². The zero-order chi connectivity index (χ0) is 74.4. The highest BCUT2D eigenvalue weighted by molar-refractivity contribution is 5.89. The van der Waals surface area contributed by atoms with Crippen molar-refractivity contribution < 1.29 is 66.7 Å². The minimum Gasteiger partial charge on any atom is -0.457 e. The molecule has 14 heteroatoms. The highest BCUT2D eigenvalue weighted by Gasteiger charge is 2.61. The highest BCUT2D eigenvalue weighted by Crippen LogP contribution is 2.63. The number of carbonyl (C=O) groups is 7. The number of hydrogen-bond donors (Lipinski definition) is 0. The molecule has 0 amide bonds. The average Bonchev–Trinajstić information content (AvgIpc) is 0.879. The van der Waals surface area contributed by atoms with Gasteiger partial charge in [-0.25, -0.2) is 33.6 Å². The van der Waals surface area contributed by atoms with E-state index < -0.39 is 11.2 Å². The smallest absolute Gasteiger partial charge is 0.333 e. The van der Waals surface area contributed by atoms with Crippen molar-refractivity contribution in [1.29, 1.82) is 0 Å². The maximum absolute atomic E-state index is 12.2. The third-order valence-corrected chi connectivity index (χ3v) is 23.7. The minimum atomic E-state index is -0.407. The van der Waals surface area contributed by atoms with Gasteiger partial charge in [0.25, 0.3) is 0 Å². The topological polar surface area (TPSA) is 184 Å². The van der Waals surface area contributed by atoms with E-state index in [1.54, 1.807) is 41.5 Å². The van der Waals surface area contributed by atoms with Crippen LogP contribution in [0, 0.1) is 71.0 Å². The van der Waals surface area contributed by atoms with Gasteiger partial charge in [-0.3, -0.25) is 0 Å². The predicted octanol–water partition coefficient (Wildman–Crippen LogP) is 20.2. The van der Waals surface area contributed by atoms with Gasteiger partial charge >= 0.3 is 41.8 Å². The molecular weight excluding hydrogens is 1240 g/mol. The van der Waals surface area contributed by atoms with Gasteiger partial charge in [0.2, 0.25) is 0 Å². The van der Waals surface area contributed by atoms with Crippen LogP contribution in [0.15, 0.2) is 85.6 Å². The molecule has 0 aliphatic heterocycles. The average molecular weight is 1380 g/mol. The molecule has 14 aliphatic carbocycles. The van der Waals surface area contributed by atoms with Crippen LogP contribution in [0.4, 0.5) is 0 Å². The van der Waals surface area contributed by atoms with Crippen LogP contribution in [0.5, 0.6) is 0 Å². The summed E-state index contributed by atoms with van der Waals surface area (Å²) in [5.74, 6) is 7.42. The van der Waals surface area contributed by atoms with Gasteiger partial charge in [0, 0.05) is 39.5 Å². The van der Waals surface area contributed by atoms with Crippen LogP contribution in [-0.4, -0.2) is 81.0 Å². The first-order chi connectivity index (χ1) is 46.0. The second-order valence-electron chi connectivity index (χ2n) is 34.7. The summed E-state index contributed by atoms with van der Waals surface area (Å²) in [5.41, 5.74) is 1.34. The Kier molecular flexibility index (Phi) is 30.2. The number of carbonyl (C=O) groups excluding carboxylic acids is 7. The summed E-state index contributed by atoms with van der Waals surface area (Å²) >= 11 is 0. The van der Waals surface area contributed by atoms with Gasteiger partial charge < -0.3 is 33.2 Å². The van der Waals surface area contributed by atoms with Crippen LogP contribution >= 0.6 is 0 Å². The van der Waals surface area contributed by atoms with E-state index in [1.165, 1.54) is 135 Å². The molecule has 14 aliphatic rings. The second-order valence-corrected chi connectivity index (χ2v) is 34.7. The molecule has 14 fully saturated rings. The molecule has 14 saturated carbocycles. The van der Waals surface area contributed by atoms with Crippen molar-refractivity contribution in [3.63, 3.8) is 0 Å². The second kappa shape index (κ2) is 35.6. The van der Waals surface area contributed by atoms with E-state index in [-0.39, 0.29) is 69.8 Å². The van der Waals surface area contributed by atoms with Crippen LogP contribution in [0.1, 0.15) is 297 Å². The van der Waals surface area contributed by atoms with Crippen molar-refractivity contribution in [3.05, 3.63) is 85.6 Å². The molecule has 0 radical (unpaired) electrons. The Hall–Kier alpha value is -5.53. The fraction of sp³-hybridized carbons (Fsp3) is 0.753.